The van der Waals surface area contributed by atoms with Crippen molar-refractivity contribution in [1.82, 2.24) is 4.90 Å². The second kappa shape index (κ2) is 6.10. The smallest absolute Gasteiger partial charge is 0.226 e. The van der Waals surface area contributed by atoms with Gasteiger partial charge in [-0.15, -0.1) is 12.4 Å². The van der Waals surface area contributed by atoms with Crippen molar-refractivity contribution < 1.29 is 4.79 Å². The molecule has 2 N–H and O–H groups in total. The Bertz CT molecular complexity index is 523. The summed E-state index contributed by atoms with van der Waals surface area (Å²) in [6.45, 7) is 1.48. The topological polar surface area (TPSA) is 46.3 Å². The SMILES string of the molecule is Cl.N[C@@H]1CCN(C(=O)C2CC2c2ccc(Cl)cc2Cl)C1. The fourth-order valence-electron chi connectivity index (χ4n) is 2.84. The maximum atomic E-state index is 12.3. The third-order valence-electron chi connectivity index (χ3n) is 4.01. The van der Waals surface area contributed by atoms with Crippen LogP contribution in [-0.4, -0.2) is 29.9 Å². The van der Waals surface area contributed by atoms with Gasteiger partial charge in [-0.3, -0.25) is 4.79 Å². The molecule has 2 aliphatic rings. The molecule has 1 aromatic rings. The van der Waals surface area contributed by atoms with E-state index in [0.29, 0.717) is 16.6 Å². The van der Waals surface area contributed by atoms with Crippen LogP contribution in [0.15, 0.2) is 18.2 Å². The summed E-state index contributed by atoms with van der Waals surface area (Å²) in [5.74, 6) is 0.544. The van der Waals surface area contributed by atoms with Crippen LogP contribution in [0.5, 0.6) is 0 Å². The molecular formula is C14H17Cl3N2O. The third-order valence-corrected chi connectivity index (χ3v) is 4.57. The van der Waals surface area contributed by atoms with Gasteiger partial charge < -0.3 is 10.6 Å². The van der Waals surface area contributed by atoms with Gasteiger partial charge in [0.25, 0.3) is 0 Å². The van der Waals surface area contributed by atoms with Crippen LogP contribution in [0.1, 0.15) is 24.3 Å². The number of carbonyl (C=O) groups is 1. The Hall–Kier alpha value is -0.480. The highest BCUT2D eigenvalue weighted by Crippen LogP contribution is 2.51. The second-order valence-corrected chi connectivity index (χ2v) is 6.29. The molecule has 0 bridgehead atoms. The quantitative estimate of drug-likeness (QED) is 0.903. The lowest BCUT2D eigenvalue weighted by molar-refractivity contribution is -0.131. The molecule has 1 heterocycles. The number of hydrogen-bond donors (Lipinski definition) is 1. The lowest BCUT2D eigenvalue weighted by Crippen LogP contribution is -2.33. The number of likely N-dealkylation sites (tertiary alicyclic amines) is 1. The summed E-state index contributed by atoms with van der Waals surface area (Å²) in [6.07, 6.45) is 1.79. The minimum atomic E-state index is 0. The standard InChI is InChI=1S/C14H16Cl2N2O.ClH/c15-8-1-2-10(13(16)5-8)11-6-12(11)14(19)18-4-3-9(17)7-18;/h1-2,5,9,11-12H,3-4,6-7,17H2;1H/t9-,11?,12?;/m1./s1. The van der Waals surface area contributed by atoms with E-state index in [1.54, 1.807) is 6.07 Å². The van der Waals surface area contributed by atoms with Crippen LogP contribution in [-0.2, 0) is 4.79 Å². The normalized spacial score (nSPS) is 28.1. The van der Waals surface area contributed by atoms with E-state index in [1.165, 1.54) is 0 Å². The van der Waals surface area contributed by atoms with E-state index in [9.17, 15) is 4.79 Å². The minimum absolute atomic E-state index is 0. The van der Waals surface area contributed by atoms with Gasteiger partial charge >= 0.3 is 0 Å². The number of carbonyl (C=O) groups excluding carboxylic acids is 1. The summed E-state index contributed by atoms with van der Waals surface area (Å²) < 4.78 is 0. The van der Waals surface area contributed by atoms with Gasteiger partial charge in [0.15, 0.2) is 0 Å². The number of nitrogens with two attached hydrogens (primary N) is 1. The van der Waals surface area contributed by atoms with Crippen molar-refractivity contribution >= 4 is 41.5 Å². The van der Waals surface area contributed by atoms with E-state index < -0.39 is 0 Å². The molecule has 1 aliphatic heterocycles. The molecule has 3 atom stereocenters. The van der Waals surface area contributed by atoms with Crippen LogP contribution in [0.2, 0.25) is 10.0 Å². The van der Waals surface area contributed by atoms with Crippen LogP contribution in [0.3, 0.4) is 0 Å². The maximum absolute atomic E-state index is 12.3. The molecular weight excluding hydrogens is 319 g/mol. The highest BCUT2D eigenvalue weighted by Gasteiger charge is 2.47. The van der Waals surface area contributed by atoms with Crippen LogP contribution in [0.4, 0.5) is 0 Å². The number of nitrogens with zero attached hydrogens (tertiary/aromatic N) is 1. The second-order valence-electron chi connectivity index (χ2n) is 5.45. The summed E-state index contributed by atoms with van der Waals surface area (Å²) in [7, 11) is 0. The van der Waals surface area contributed by atoms with E-state index in [4.69, 9.17) is 28.9 Å². The Labute approximate surface area is 134 Å². The van der Waals surface area contributed by atoms with Crippen molar-refractivity contribution in [2.75, 3.05) is 13.1 Å². The van der Waals surface area contributed by atoms with Crippen LogP contribution >= 0.6 is 35.6 Å². The average Bonchev–Trinajstić information content (AvgIpc) is 3.02. The highest BCUT2D eigenvalue weighted by atomic mass is 35.5. The van der Waals surface area contributed by atoms with Gasteiger partial charge in [0.1, 0.15) is 0 Å². The van der Waals surface area contributed by atoms with Gasteiger partial charge in [0.2, 0.25) is 5.91 Å². The summed E-state index contributed by atoms with van der Waals surface area (Å²) in [5.41, 5.74) is 6.88. The minimum Gasteiger partial charge on any atom is -0.341 e. The molecule has 6 heteroatoms. The Balaban J connectivity index is 0.00000147. The average molecular weight is 336 g/mol. The molecule has 1 amide bonds. The molecule has 20 heavy (non-hydrogen) atoms. The summed E-state index contributed by atoms with van der Waals surface area (Å²) in [5, 5.41) is 1.29. The third kappa shape index (κ3) is 3.06. The lowest BCUT2D eigenvalue weighted by atomic mass is 10.1. The molecule has 0 spiro atoms. The Morgan fingerprint density at radius 1 is 1.35 bits per heavy atom. The van der Waals surface area contributed by atoms with Gasteiger partial charge in [-0.05, 0) is 36.5 Å². The molecule has 3 rings (SSSR count). The van der Waals surface area contributed by atoms with Gasteiger partial charge in [-0.25, -0.2) is 0 Å². The first kappa shape index (κ1) is 15.9. The molecule has 0 aromatic heterocycles. The van der Waals surface area contributed by atoms with E-state index in [1.807, 2.05) is 17.0 Å². The van der Waals surface area contributed by atoms with Crippen LogP contribution in [0.25, 0.3) is 0 Å². The van der Waals surface area contributed by atoms with Crippen molar-refractivity contribution in [2.24, 2.45) is 11.7 Å². The summed E-state index contributed by atoms with van der Waals surface area (Å²) in [6, 6.07) is 5.64. The largest absolute Gasteiger partial charge is 0.341 e. The summed E-state index contributed by atoms with van der Waals surface area (Å²) >= 11 is 12.1. The zero-order chi connectivity index (χ0) is 13.6. The fourth-order valence-corrected chi connectivity index (χ4v) is 3.38. The van der Waals surface area contributed by atoms with Crippen molar-refractivity contribution in [3.8, 4) is 0 Å². The zero-order valence-corrected chi connectivity index (χ0v) is 13.2. The Morgan fingerprint density at radius 3 is 2.70 bits per heavy atom. The van der Waals surface area contributed by atoms with Crippen LogP contribution < -0.4 is 5.73 Å². The van der Waals surface area contributed by atoms with E-state index in [0.717, 1.165) is 24.9 Å². The van der Waals surface area contributed by atoms with Crippen LogP contribution in [0, 0.1) is 5.92 Å². The molecule has 1 saturated carbocycles. The first-order valence-corrected chi connectivity index (χ1v) is 7.31. The molecule has 110 valence electrons. The number of amides is 1. The first-order valence-electron chi connectivity index (χ1n) is 6.55. The van der Waals surface area contributed by atoms with Crippen molar-refractivity contribution in [3.05, 3.63) is 33.8 Å². The highest BCUT2D eigenvalue weighted by molar-refractivity contribution is 6.35. The molecule has 1 aliphatic carbocycles. The monoisotopic (exact) mass is 334 g/mol. The van der Waals surface area contributed by atoms with E-state index in [2.05, 4.69) is 0 Å². The van der Waals surface area contributed by atoms with Crippen molar-refractivity contribution in [1.29, 1.82) is 0 Å². The molecule has 2 fully saturated rings. The zero-order valence-electron chi connectivity index (χ0n) is 10.9. The van der Waals surface area contributed by atoms with Gasteiger partial charge in [0.05, 0.1) is 0 Å². The number of hydrogen-bond acceptors (Lipinski definition) is 2. The molecule has 0 radical (unpaired) electrons. The predicted octanol–water partition coefficient (Wildman–Crippen LogP) is 3.08. The van der Waals surface area contributed by atoms with E-state index >= 15 is 0 Å². The number of halogens is 3. The first-order chi connectivity index (χ1) is 9.06. The lowest BCUT2D eigenvalue weighted by Gasteiger charge is -2.15. The van der Waals surface area contributed by atoms with Gasteiger partial charge in [0, 0.05) is 35.1 Å². The summed E-state index contributed by atoms with van der Waals surface area (Å²) in [4.78, 5) is 14.2. The van der Waals surface area contributed by atoms with Gasteiger partial charge in [-0.2, -0.15) is 0 Å². The number of benzene rings is 1. The van der Waals surface area contributed by atoms with E-state index in [-0.39, 0.29) is 36.2 Å². The maximum Gasteiger partial charge on any atom is 0.226 e. The van der Waals surface area contributed by atoms with Gasteiger partial charge in [-0.1, -0.05) is 29.3 Å². The number of rotatable bonds is 2. The molecule has 2 unspecified atom stereocenters. The molecule has 1 saturated heterocycles. The van der Waals surface area contributed by atoms with Crippen molar-refractivity contribution in [3.63, 3.8) is 0 Å². The molecule has 1 aromatic carbocycles. The molecule has 3 nitrogen and oxygen atoms in total. The van der Waals surface area contributed by atoms with Crippen molar-refractivity contribution in [2.45, 2.75) is 24.8 Å². The predicted molar refractivity (Wildman–Crippen MR) is 83.7 cm³/mol. The Kier molecular flexibility index (Phi) is 4.85. The Morgan fingerprint density at radius 2 is 2.10 bits per heavy atom. The fraction of sp³-hybridized carbons (Fsp3) is 0.500.